The Hall–Kier alpha value is -1.56. The molecule has 6 nitrogen and oxygen atoms in total. The number of aromatic nitrogens is 2. The van der Waals surface area contributed by atoms with Gasteiger partial charge in [0.15, 0.2) is 0 Å². The van der Waals surface area contributed by atoms with Crippen molar-refractivity contribution < 1.29 is 9.53 Å². The standard InChI is InChI=1S/C15H26N4O2/c1-21-14-7-3-2-6-13(14)18-15(20)17-8-4-5-10-19-11-9-16-12-19/h9,11-14H,2-8,10H2,1H3,(H2,17,18,20)/t13-,14+/m0/s1. The van der Waals surface area contributed by atoms with Gasteiger partial charge >= 0.3 is 6.03 Å². The summed E-state index contributed by atoms with van der Waals surface area (Å²) in [6, 6.07) is 0.0706. The Bertz CT molecular complexity index is 408. The minimum absolute atomic E-state index is 0.0772. The van der Waals surface area contributed by atoms with Crippen molar-refractivity contribution >= 4 is 6.03 Å². The number of nitrogens with zero attached hydrogens (tertiary/aromatic N) is 2. The summed E-state index contributed by atoms with van der Waals surface area (Å²) in [5.74, 6) is 0. The maximum Gasteiger partial charge on any atom is 0.315 e. The van der Waals surface area contributed by atoms with E-state index in [0.717, 1.165) is 38.6 Å². The highest BCUT2D eigenvalue weighted by atomic mass is 16.5. The zero-order valence-electron chi connectivity index (χ0n) is 12.8. The Morgan fingerprint density at radius 3 is 3.00 bits per heavy atom. The van der Waals surface area contributed by atoms with Crippen LogP contribution in [0.15, 0.2) is 18.7 Å². The van der Waals surface area contributed by atoms with E-state index in [1.165, 1.54) is 6.42 Å². The fourth-order valence-corrected chi connectivity index (χ4v) is 2.80. The second-order valence-electron chi connectivity index (χ2n) is 5.57. The largest absolute Gasteiger partial charge is 0.379 e. The van der Waals surface area contributed by atoms with Gasteiger partial charge < -0.3 is 19.9 Å². The molecule has 1 fully saturated rings. The summed E-state index contributed by atoms with van der Waals surface area (Å²) in [4.78, 5) is 15.9. The summed E-state index contributed by atoms with van der Waals surface area (Å²) in [7, 11) is 1.72. The average Bonchev–Trinajstić information content (AvgIpc) is 3.01. The monoisotopic (exact) mass is 294 g/mol. The normalized spacial score (nSPS) is 22.0. The van der Waals surface area contributed by atoms with Crippen LogP contribution in [0.2, 0.25) is 0 Å². The molecule has 1 aliphatic rings. The number of carbonyl (C=O) groups is 1. The number of hydrogen-bond acceptors (Lipinski definition) is 3. The molecule has 0 spiro atoms. The highest BCUT2D eigenvalue weighted by molar-refractivity contribution is 5.74. The van der Waals surface area contributed by atoms with E-state index < -0.39 is 0 Å². The first-order chi connectivity index (χ1) is 10.3. The molecular formula is C15H26N4O2. The zero-order chi connectivity index (χ0) is 14.9. The number of ether oxygens (including phenoxy) is 1. The van der Waals surface area contributed by atoms with Crippen molar-refractivity contribution in [3.63, 3.8) is 0 Å². The van der Waals surface area contributed by atoms with E-state index in [1.807, 2.05) is 17.1 Å². The molecule has 1 aromatic rings. The Kier molecular flexibility index (Phi) is 6.53. The van der Waals surface area contributed by atoms with Crippen molar-refractivity contribution in [3.05, 3.63) is 18.7 Å². The topological polar surface area (TPSA) is 68.2 Å². The van der Waals surface area contributed by atoms with Gasteiger partial charge in [-0.3, -0.25) is 0 Å². The number of unbranched alkanes of at least 4 members (excludes halogenated alkanes) is 1. The smallest absolute Gasteiger partial charge is 0.315 e. The summed E-state index contributed by atoms with van der Waals surface area (Å²) in [6.07, 6.45) is 12.1. The van der Waals surface area contributed by atoms with E-state index in [1.54, 1.807) is 13.3 Å². The number of carbonyl (C=O) groups excluding carboxylic acids is 1. The number of imidazole rings is 1. The Balaban J connectivity index is 1.56. The molecule has 2 atom stereocenters. The molecule has 2 rings (SSSR count). The third-order valence-electron chi connectivity index (χ3n) is 4.01. The van der Waals surface area contributed by atoms with Crippen molar-refractivity contribution in [2.24, 2.45) is 0 Å². The number of nitrogens with one attached hydrogen (secondary N) is 2. The van der Waals surface area contributed by atoms with Crippen molar-refractivity contribution in [2.75, 3.05) is 13.7 Å². The Morgan fingerprint density at radius 1 is 1.38 bits per heavy atom. The molecule has 118 valence electrons. The van der Waals surface area contributed by atoms with Crippen LogP contribution in [-0.4, -0.2) is 41.4 Å². The molecule has 0 aliphatic heterocycles. The molecule has 0 radical (unpaired) electrons. The highest BCUT2D eigenvalue weighted by Crippen LogP contribution is 2.20. The zero-order valence-corrected chi connectivity index (χ0v) is 12.8. The van der Waals surface area contributed by atoms with Gasteiger partial charge in [-0.05, 0) is 25.7 Å². The molecule has 1 aromatic heterocycles. The minimum atomic E-state index is -0.0772. The molecule has 1 saturated carbocycles. The van der Waals surface area contributed by atoms with Crippen LogP contribution < -0.4 is 10.6 Å². The van der Waals surface area contributed by atoms with Crippen molar-refractivity contribution in [1.82, 2.24) is 20.2 Å². The van der Waals surface area contributed by atoms with E-state index >= 15 is 0 Å². The van der Waals surface area contributed by atoms with E-state index in [0.29, 0.717) is 6.54 Å². The SMILES string of the molecule is CO[C@@H]1CCCC[C@@H]1NC(=O)NCCCCn1ccnc1. The lowest BCUT2D eigenvalue weighted by molar-refractivity contribution is 0.0452. The van der Waals surface area contributed by atoms with Crippen LogP contribution in [0, 0.1) is 0 Å². The molecule has 21 heavy (non-hydrogen) atoms. The van der Waals surface area contributed by atoms with E-state index in [-0.39, 0.29) is 18.2 Å². The average molecular weight is 294 g/mol. The minimum Gasteiger partial charge on any atom is -0.379 e. The number of hydrogen-bond donors (Lipinski definition) is 2. The predicted molar refractivity (Wildman–Crippen MR) is 81.0 cm³/mol. The lowest BCUT2D eigenvalue weighted by Gasteiger charge is -2.31. The lowest BCUT2D eigenvalue weighted by atomic mass is 9.92. The summed E-state index contributed by atoms with van der Waals surface area (Å²) in [5, 5.41) is 5.96. The molecule has 1 aliphatic carbocycles. The van der Waals surface area contributed by atoms with Crippen LogP contribution in [0.25, 0.3) is 0 Å². The molecule has 6 heteroatoms. The van der Waals surface area contributed by atoms with Gasteiger partial charge in [-0.2, -0.15) is 0 Å². The van der Waals surface area contributed by atoms with Crippen LogP contribution in [-0.2, 0) is 11.3 Å². The lowest BCUT2D eigenvalue weighted by Crippen LogP contribution is -2.49. The van der Waals surface area contributed by atoms with Gasteiger partial charge in [0.05, 0.1) is 18.5 Å². The fraction of sp³-hybridized carbons (Fsp3) is 0.733. The molecule has 0 aromatic carbocycles. The van der Waals surface area contributed by atoms with Gasteiger partial charge in [-0.15, -0.1) is 0 Å². The van der Waals surface area contributed by atoms with Crippen LogP contribution >= 0.6 is 0 Å². The maximum absolute atomic E-state index is 11.9. The van der Waals surface area contributed by atoms with Crippen molar-refractivity contribution in [2.45, 2.75) is 57.2 Å². The molecule has 1 heterocycles. The second kappa shape index (κ2) is 8.67. The molecule has 0 unspecified atom stereocenters. The van der Waals surface area contributed by atoms with E-state index in [2.05, 4.69) is 15.6 Å². The second-order valence-corrected chi connectivity index (χ2v) is 5.57. The molecule has 0 saturated heterocycles. The van der Waals surface area contributed by atoms with Crippen LogP contribution in [0.3, 0.4) is 0 Å². The summed E-state index contributed by atoms with van der Waals surface area (Å²) in [5.41, 5.74) is 0. The Morgan fingerprint density at radius 2 is 2.24 bits per heavy atom. The summed E-state index contributed by atoms with van der Waals surface area (Å²) < 4.78 is 7.48. The van der Waals surface area contributed by atoms with Gasteiger partial charge in [0.25, 0.3) is 0 Å². The first-order valence-electron chi connectivity index (χ1n) is 7.82. The molecular weight excluding hydrogens is 268 g/mol. The van der Waals surface area contributed by atoms with Crippen LogP contribution in [0.5, 0.6) is 0 Å². The number of urea groups is 1. The summed E-state index contributed by atoms with van der Waals surface area (Å²) >= 11 is 0. The third-order valence-corrected chi connectivity index (χ3v) is 4.01. The highest BCUT2D eigenvalue weighted by Gasteiger charge is 2.25. The van der Waals surface area contributed by atoms with Gasteiger partial charge in [-0.25, -0.2) is 9.78 Å². The first kappa shape index (κ1) is 15.8. The van der Waals surface area contributed by atoms with Gasteiger partial charge in [0.2, 0.25) is 0 Å². The predicted octanol–water partition coefficient (Wildman–Crippen LogP) is 1.92. The maximum atomic E-state index is 11.9. The van der Waals surface area contributed by atoms with Crippen molar-refractivity contribution in [1.29, 1.82) is 0 Å². The van der Waals surface area contributed by atoms with E-state index in [4.69, 9.17) is 4.74 Å². The van der Waals surface area contributed by atoms with Gasteiger partial charge in [0.1, 0.15) is 0 Å². The fourth-order valence-electron chi connectivity index (χ4n) is 2.80. The molecule has 2 N–H and O–H groups in total. The molecule has 0 bridgehead atoms. The first-order valence-corrected chi connectivity index (χ1v) is 7.82. The number of methoxy groups -OCH3 is 1. The van der Waals surface area contributed by atoms with E-state index in [9.17, 15) is 4.79 Å². The Labute approximate surface area is 126 Å². The van der Waals surface area contributed by atoms with Crippen LogP contribution in [0.1, 0.15) is 38.5 Å². The molecule has 2 amide bonds. The number of amides is 2. The quantitative estimate of drug-likeness (QED) is 0.755. The number of rotatable bonds is 7. The third kappa shape index (κ3) is 5.38. The van der Waals surface area contributed by atoms with Crippen LogP contribution in [0.4, 0.5) is 4.79 Å². The number of aryl methyl sites for hydroxylation is 1. The van der Waals surface area contributed by atoms with Gasteiger partial charge in [-0.1, -0.05) is 12.8 Å². The summed E-state index contributed by atoms with van der Waals surface area (Å²) in [6.45, 7) is 1.64. The van der Waals surface area contributed by atoms with Crippen molar-refractivity contribution in [3.8, 4) is 0 Å². The van der Waals surface area contributed by atoms with Gasteiger partial charge in [0, 0.05) is 32.6 Å².